The van der Waals surface area contributed by atoms with Gasteiger partial charge in [-0.25, -0.2) is 0 Å². The Morgan fingerprint density at radius 3 is 2.27 bits per heavy atom. The van der Waals surface area contributed by atoms with Gasteiger partial charge in [-0.3, -0.25) is 4.79 Å². The third-order valence-corrected chi connectivity index (χ3v) is 4.76. The third kappa shape index (κ3) is 4.85. The number of carbonyl (C=O) groups excluding carboxylic acids is 1. The molecule has 1 amide bonds. The molecule has 0 radical (unpaired) electrons. The Kier molecular flexibility index (Phi) is 5.62. The number of nitrogens with one attached hydrogen (secondary N) is 2. The molecule has 0 bridgehead atoms. The Labute approximate surface area is 156 Å². The zero-order chi connectivity index (χ0) is 18.6. The summed E-state index contributed by atoms with van der Waals surface area (Å²) in [4.78, 5) is 12.1. The predicted molar refractivity (Wildman–Crippen MR) is 105 cm³/mol. The molecular weight excluding hydrogens is 324 g/mol. The molecule has 0 aromatic heterocycles. The second-order valence-corrected chi connectivity index (χ2v) is 7.99. The van der Waals surface area contributed by atoms with Crippen LogP contribution >= 0.6 is 0 Å². The molecule has 3 rings (SSSR count). The summed E-state index contributed by atoms with van der Waals surface area (Å²) in [6.45, 7) is 9.81. The van der Waals surface area contributed by atoms with E-state index >= 15 is 0 Å². The number of hydrogen-bond acceptors (Lipinski definition) is 3. The van der Waals surface area contributed by atoms with E-state index in [1.165, 1.54) is 5.56 Å². The minimum absolute atomic E-state index is 0.0119. The lowest BCUT2D eigenvalue weighted by Crippen LogP contribution is -2.48. The Morgan fingerprint density at radius 1 is 1.08 bits per heavy atom. The van der Waals surface area contributed by atoms with E-state index < -0.39 is 0 Å². The van der Waals surface area contributed by atoms with Gasteiger partial charge in [-0.1, -0.05) is 45.0 Å². The maximum absolute atomic E-state index is 12.1. The van der Waals surface area contributed by atoms with E-state index in [0.29, 0.717) is 18.1 Å². The minimum Gasteiger partial charge on any atom is -0.489 e. The van der Waals surface area contributed by atoms with Crippen LogP contribution in [0.2, 0.25) is 0 Å². The molecule has 1 aliphatic rings. The second-order valence-electron chi connectivity index (χ2n) is 7.99. The lowest BCUT2D eigenvalue weighted by molar-refractivity contribution is 0.0942. The standard InChI is InChI=1S/C22H28N2O2/c1-22(2,3)19-8-10-20(11-9-19)26-15-16-4-6-18(7-5-16)21(25)24-14-17-12-23-13-17/h4-11,17,23H,12-15H2,1-3H3,(H,24,25). The van der Waals surface area contributed by atoms with E-state index in [2.05, 4.69) is 43.5 Å². The highest BCUT2D eigenvalue weighted by Crippen LogP contribution is 2.24. The summed E-state index contributed by atoms with van der Waals surface area (Å²) in [6, 6.07) is 15.9. The van der Waals surface area contributed by atoms with Gasteiger partial charge in [0.15, 0.2) is 0 Å². The molecule has 2 aromatic carbocycles. The van der Waals surface area contributed by atoms with Crippen LogP contribution in [0.15, 0.2) is 48.5 Å². The fourth-order valence-corrected chi connectivity index (χ4v) is 2.80. The Balaban J connectivity index is 1.50. The SMILES string of the molecule is CC(C)(C)c1ccc(OCc2ccc(C(=O)NCC3CNC3)cc2)cc1. The first-order valence-electron chi connectivity index (χ1n) is 9.23. The van der Waals surface area contributed by atoms with Gasteiger partial charge < -0.3 is 15.4 Å². The number of carbonyl (C=O) groups is 1. The fourth-order valence-electron chi connectivity index (χ4n) is 2.80. The molecule has 0 spiro atoms. The van der Waals surface area contributed by atoms with Crippen molar-refractivity contribution >= 4 is 5.91 Å². The van der Waals surface area contributed by atoms with Crippen LogP contribution in [0.1, 0.15) is 42.3 Å². The largest absolute Gasteiger partial charge is 0.489 e. The number of benzene rings is 2. The Morgan fingerprint density at radius 2 is 1.73 bits per heavy atom. The molecule has 1 heterocycles. The summed E-state index contributed by atoms with van der Waals surface area (Å²) in [5, 5.41) is 6.19. The van der Waals surface area contributed by atoms with Crippen LogP contribution in [0, 0.1) is 5.92 Å². The van der Waals surface area contributed by atoms with Gasteiger partial charge in [-0.2, -0.15) is 0 Å². The van der Waals surface area contributed by atoms with E-state index in [1.54, 1.807) is 0 Å². The summed E-state index contributed by atoms with van der Waals surface area (Å²) >= 11 is 0. The van der Waals surface area contributed by atoms with Gasteiger partial charge in [0.25, 0.3) is 5.91 Å². The molecule has 4 nitrogen and oxygen atoms in total. The first-order chi connectivity index (χ1) is 12.4. The van der Waals surface area contributed by atoms with E-state index in [9.17, 15) is 4.79 Å². The van der Waals surface area contributed by atoms with Crippen LogP contribution in [0.5, 0.6) is 5.75 Å². The number of amides is 1. The third-order valence-electron chi connectivity index (χ3n) is 4.76. The second kappa shape index (κ2) is 7.92. The number of ether oxygens (including phenoxy) is 1. The van der Waals surface area contributed by atoms with Crippen LogP contribution < -0.4 is 15.4 Å². The molecule has 1 saturated heterocycles. The van der Waals surface area contributed by atoms with E-state index in [4.69, 9.17) is 4.74 Å². The van der Waals surface area contributed by atoms with E-state index in [-0.39, 0.29) is 11.3 Å². The summed E-state index contributed by atoms with van der Waals surface area (Å²) in [5.41, 5.74) is 3.17. The Bertz CT molecular complexity index is 726. The van der Waals surface area contributed by atoms with Crippen LogP contribution in [0.3, 0.4) is 0 Å². The average molecular weight is 352 g/mol. The summed E-state index contributed by atoms with van der Waals surface area (Å²) in [7, 11) is 0. The lowest BCUT2D eigenvalue weighted by Gasteiger charge is -2.27. The highest BCUT2D eigenvalue weighted by molar-refractivity contribution is 5.94. The van der Waals surface area contributed by atoms with Crippen LogP contribution in [0.4, 0.5) is 0 Å². The maximum atomic E-state index is 12.1. The van der Waals surface area contributed by atoms with Gasteiger partial charge >= 0.3 is 0 Å². The zero-order valence-electron chi connectivity index (χ0n) is 15.8. The molecule has 26 heavy (non-hydrogen) atoms. The number of rotatable bonds is 6. The molecule has 0 aliphatic carbocycles. The van der Waals surface area contributed by atoms with Crippen molar-refractivity contribution in [2.24, 2.45) is 5.92 Å². The Hall–Kier alpha value is -2.33. The van der Waals surface area contributed by atoms with Gasteiger partial charge in [0.05, 0.1) is 0 Å². The topological polar surface area (TPSA) is 50.4 Å². The highest BCUT2D eigenvalue weighted by atomic mass is 16.5. The van der Waals surface area contributed by atoms with Crippen molar-refractivity contribution in [3.05, 3.63) is 65.2 Å². The first kappa shape index (κ1) is 18.5. The van der Waals surface area contributed by atoms with Crippen LogP contribution in [-0.4, -0.2) is 25.5 Å². The molecular formula is C22H28N2O2. The van der Waals surface area contributed by atoms with Gasteiger partial charge in [-0.05, 0) is 40.8 Å². The molecule has 2 N–H and O–H groups in total. The molecule has 0 unspecified atom stereocenters. The van der Waals surface area contributed by atoms with Gasteiger partial charge in [-0.15, -0.1) is 0 Å². The van der Waals surface area contributed by atoms with Gasteiger partial charge in [0.2, 0.25) is 0 Å². The van der Waals surface area contributed by atoms with Crippen molar-refractivity contribution in [2.75, 3.05) is 19.6 Å². The molecule has 0 atom stereocenters. The first-order valence-corrected chi connectivity index (χ1v) is 9.23. The van der Waals surface area contributed by atoms with Crippen molar-refractivity contribution in [2.45, 2.75) is 32.8 Å². The van der Waals surface area contributed by atoms with Gasteiger partial charge in [0.1, 0.15) is 12.4 Å². The van der Waals surface area contributed by atoms with Crippen molar-refractivity contribution in [3.63, 3.8) is 0 Å². The monoisotopic (exact) mass is 352 g/mol. The zero-order valence-corrected chi connectivity index (χ0v) is 15.8. The smallest absolute Gasteiger partial charge is 0.251 e. The van der Waals surface area contributed by atoms with Crippen molar-refractivity contribution in [1.82, 2.24) is 10.6 Å². The van der Waals surface area contributed by atoms with Crippen molar-refractivity contribution in [3.8, 4) is 5.75 Å². The number of hydrogen-bond donors (Lipinski definition) is 2. The van der Waals surface area contributed by atoms with Crippen LogP contribution in [0.25, 0.3) is 0 Å². The van der Waals surface area contributed by atoms with E-state index in [1.807, 2.05) is 36.4 Å². The molecule has 1 fully saturated rings. The summed E-state index contributed by atoms with van der Waals surface area (Å²) < 4.78 is 5.85. The predicted octanol–water partition coefficient (Wildman–Crippen LogP) is 3.51. The molecule has 0 saturated carbocycles. The van der Waals surface area contributed by atoms with E-state index in [0.717, 1.165) is 30.9 Å². The average Bonchev–Trinajstić information content (AvgIpc) is 2.58. The maximum Gasteiger partial charge on any atom is 0.251 e. The fraction of sp³-hybridized carbons (Fsp3) is 0.409. The highest BCUT2D eigenvalue weighted by Gasteiger charge is 2.17. The summed E-state index contributed by atoms with van der Waals surface area (Å²) in [5.74, 6) is 1.41. The quantitative estimate of drug-likeness (QED) is 0.836. The molecule has 1 aliphatic heterocycles. The molecule has 4 heteroatoms. The van der Waals surface area contributed by atoms with Crippen LogP contribution in [-0.2, 0) is 12.0 Å². The minimum atomic E-state index is -0.0119. The van der Waals surface area contributed by atoms with Crippen molar-refractivity contribution in [1.29, 1.82) is 0 Å². The molecule has 138 valence electrons. The normalized spacial score (nSPS) is 14.6. The van der Waals surface area contributed by atoms with Crippen molar-refractivity contribution < 1.29 is 9.53 Å². The van der Waals surface area contributed by atoms with Gasteiger partial charge in [0, 0.05) is 31.1 Å². The lowest BCUT2D eigenvalue weighted by atomic mass is 9.87. The molecule has 2 aromatic rings. The summed E-state index contributed by atoms with van der Waals surface area (Å²) in [6.07, 6.45) is 0.